The summed E-state index contributed by atoms with van der Waals surface area (Å²) < 4.78 is 4.73. The lowest BCUT2D eigenvalue weighted by Crippen LogP contribution is -2.44. The average molecular weight is 283 g/mol. The molecule has 1 rings (SSSR count). The molecule has 4 heteroatoms. The van der Waals surface area contributed by atoms with Gasteiger partial charge in [-0.15, -0.1) is 0 Å². The molecule has 4 nitrogen and oxygen atoms in total. The largest absolute Gasteiger partial charge is 0.469 e. The quantitative estimate of drug-likeness (QED) is 0.704. The topological polar surface area (TPSA) is 46.6 Å². The van der Waals surface area contributed by atoms with Gasteiger partial charge in [-0.3, -0.25) is 9.59 Å². The minimum Gasteiger partial charge on any atom is -0.469 e. The monoisotopic (exact) mass is 283 g/mol. The zero-order valence-corrected chi connectivity index (χ0v) is 13.6. The number of carbonyl (C=O) groups is 2. The van der Waals surface area contributed by atoms with E-state index >= 15 is 0 Å². The van der Waals surface area contributed by atoms with Gasteiger partial charge in [-0.05, 0) is 25.2 Å². The minimum absolute atomic E-state index is 0.196. The van der Waals surface area contributed by atoms with E-state index in [-0.39, 0.29) is 23.2 Å². The van der Waals surface area contributed by atoms with Crippen molar-refractivity contribution in [3.8, 4) is 0 Å². The Hall–Kier alpha value is -1.06. The molecular formula is C16H29NO3. The number of amides is 1. The smallest absolute Gasteiger partial charge is 0.310 e. The summed E-state index contributed by atoms with van der Waals surface area (Å²) in [6, 6.07) is 0. The highest BCUT2D eigenvalue weighted by Gasteiger charge is 2.43. The highest BCUT2D eigenvalue weighted by atomic mass is 16.5. The Bertz CT molecular complexity index is 346. The van der Waals surface area contributed by atoms with Gasteiger partial charge in [-0.1, -0.05) is 33.6 Å². The van der Waals surface area contributed by atoms with Crippen LogP contribution in [0.4, 0.5) is 0 Å². The van der Waals surface area contributed by atoms with E-state index in [0.29, 0.717) is 12.5 Å². The van der Waals surface area contributed by atoms with E-state index in [1.165, 1.54) is 7.11 Å². The summed E-state index contributed by atoms with van der Waals surface area (Å²) in [6.07, 6.45) is 5.20. The highest BCUT2D eigenvalue weighted by molar-refractivity contribution is 5.83. The van der Waals surface area contributed by atoms with Crippen LogP contribution in [-0.4, -0.2) is 37.5 Å². The molecular weight excluding hydrogens is 254 g/mol. The molecule has 0 N–H and O–H groups in total. The molecule has 1 aliphatic rings. The predicted molar refractivity (Wildman–Crippen MR) is 79.2 cm³/mol. The molecule has 1 amide bonds. The third-order valence-electron chi connectivity index (χ3n) is 4.31. The first-order valence-corrected chi connectivity index (χ1v) is 7.66. The molecule has 20 heavy (non-hydrogen) atoms. The van der Waals surface area contributed by atoms with Crippen LogP contribution in [0.15, 0.2) is 0 Å². The Balaban J connectivity index is 2.72. The average Bonchev–Trinajstić information content (AvgIpc) is 2.85. The van der Waals surface area contributed by atoms with Gasteiger partial charge in [0.25, 0.3) is 0 Å². The van der Waals surface area contributed by atoms with Crippen LogP contribution in [0.1, 0.15) is 52.9 Å². The summed E-state index contributed by atoms with van der Waals surface area (Å²) in [7, 11) is 3.19. The molecule has 0 heterocycles. The minimum atomic E-state index is -0.272. The number of carbonyl (C=O) groups excluding carboxylic acids is 2. The van der Waals surface area contributed by atoms with Crippen LogP contribution >= 0.6 is 0 Å². The van der Waals surface area contributed by atoms with Crippen molar-refractivity contribution in [3.63, 3.8) is 0 Å². The summed E-state index contributed by atoms with van der Waals surface area (Å²) in [6.45, 7) is 6.58. The fraction of sp³-hybridized carbons (Fsp3) is 0.875. The van der Waals surface area contributed by atoms with Gasteiger partial charge in [0.05, 0.1) is 13.0 Å². The Morgan fingerprint density at radius 3 is 2.20 bits per heavy atom. The van der Waals surface area contributed by atoms with E-state index in [1.807, 2.05) is 7.05 Å². The number of esters is 1. The molecule has 1 aliphatic carbocycles. The van der Waals surface area contributed by atoms with Gasteiger partial charge in [0.2, 0.25) is 5.91 Å². The molecule has 1 fully saturated rings. The molecule has 0 saturated heterocycles. The Morgan fingerprint density at radius 2 is 1.75 bits per heavy atom. The Morgan fingerprint density at radius 1 is 1.20 bits per heavy atom. The summed E-state index contributed by atoms with van der Waals surface area (Å²) in [5, 5.41) is 0. The number of nitrogens with zero attached hydrogens (tertiary/aromatic N) is 1. The van der Waals surface area contributed by atoms with Crippen LogP contribution in [0, 0.1) is 17.3 Å². The second-order valence-electron chi connectivity index (χ2n) is 6.70. The van der Waals surface area contributed by atoms with E-state index in [9.17, 15) is 9.59 Å². The molecule has 0 aromatic rings. The van der Waals surface area contributed by atoms with E-state index in [4.69, 9.17) is 4.74 Å². The van der Waals surface area contributed by atoms with Crippen LogP contribution in [0.5, 0.6) is 0 Å². The lowest BCUT2D eigenvalue weighted by molar-refractivity contribution is -0.148. The number of hydrogen-bond acceptors (Lipinski definition) is 3. The van der Waals surface area contributed by atoms with Gasteiger partial charge in [0, 0.05) is 19.0 Å². The number of methoxy groups -OCH3 is 1. The van der Waals surface area contributed by atoms with Crippen molar-refractivity contribution in [1.29, 1.82) is 0 Å². The summed E-state index contributed by atoms with van der Waals surface area (Å²) in [4.78, 5) is 26.0. The number of rotatable bonds is 6. The van der Waals surface area contributed by atoms with E-state index in [0.717, 1.165) is 32.1 Å². The number of hydrogen-bond donors (Lipinski definition) is 0. The normalized spacial score (nSPS) is 18.9. The van der Waals surface area contributed by atoms with Crippen molar-refractivity contribution in [2.75, 3.05) is 20.7 Å². The van der Waals surface area contributed by atoms with Crippen LogP contribution in [-0.2, 0) is 14.3 Å². The van der Waals surface area contributed by atoms with Crippen molar-refractivity contribution in [2.24, 2.45) is 17.3 Å². The Labute approximate surface area is 122 Å². The molecule has 0 aliphatic heterocycles. The molecule has 1 saturated carbocycles. The van der Waals surface area contributed by atoms with Crippen LogP contribution in [0.3, 0.4) is 0 Å². The summed E-state index contributed by atoms with van der Waals surface area (Å²) in [5.74, 6) is 0.198. The van der Waals surface area contributed by atoms with Crippen LogP contribution in [0.25, 0.3) is 0 Å². The third-order valence-corrected chi connectivity index (χ3v) is 4.31. The maximum Gasteiger partial charge on any atom is 0.310 e. The van der Waals surface area contributed by atoms with Gasteiger partial charge in [-0.2, -0.15) is 0 Å². The second kappa shape index (κ2) is 7.09. The van der Waals surface area contributed by atoms with Gasteiger partial charge < -0.3 is 9.64 Å². The molecule has 0 aromatic carbocycles. The third kappa shape index (κ3) is 3.97. The predicted octanol–water partition coefficient (Wildman–Crippen LogP) is 2.86. The SMILES string of the molecule is COC(=O)C(C)CN(C)C(=O)C1(CC(C)C)CCCC1. The molecule has 1 atom stereocenters. The van der Waals surface area contributed by atoms with Crippen LogP contribution < -0.4 is 0 Å². The lowest BCUT2D eigenvalue weighted by atomic mass is 9.77. The fourth-order valence-electron chi connectivity index (χ4n) is 3.51. The number of ether oxygens (including phenoxy) is 1. The van der Waals surface area contributed by atoms with Crippen molar-refractivity contribution in [2.45, 2.75) is 52.9 Å². The van der Waals surface area contributed by atoms with Crippen LogP contribution in [0.2, 0.25) is 0 Å². The first-order chi connectivity index (χ1) is 9.32. The van der Waals surface area contributed by atoms with Crippen molar-refractivity contribution in [1.82, 2.24) is 4.90 Å². The summed E-state index contributed by atoms with van der Waals surface area (Å²) >= 11 is 0. The van der Waals surface area contributed by atoms with E-state index in [1.54, 1.807) is 11.8 Å². The molecule has 1 unspecified atom stereocenters. The first-order valence-electron chi connectivity index (χ1n) is 7.66. The van der Waals surface area contributed by atoms with Crippen molar-refractivity contribution in [3.05, 3.63) is 0 Å². The molecule has 0 bridgehead atoms. The lowest BCUT2D eigenvalue weighted by Gasteiger charge is -2.34. The zero-order chi connectivity index (χ0) is 15.3. The maximum absolute atomic E-state index is 12.8. The highest BCUT2D eigenvalue weighted by Crippen LogP contribution is 2.44. The Kier molecular flexibility index (Phi) is 6.03. The van der Waals surface area contributed by atoms with Gasteiger partial charge in [0.15, 0.2) is 0 Å². The molecule has 0 aromatic heterocycles. The van der Waals surface area contributed by atoms with E-state index in [2.05, 4.69) is 13.8 Å². The second-order valence-corrected chi connectivity index (χ2v) is 6.70. The molecule has 0 spiro atoms. The van der Waals surface area contributed by atoms with Gasteiger partial charge >= 0.3 is 5.97 Å². The molecule has 116 valence electrons. The van der Waals surface area contributed by atoms with Crippen molar-refractivity contribution >= 4 is 11.9 Å². The zero-order valence-electron chi connectivity index (χ0n) is 13.6. The van der Waals surface area contributed by atoms with E-state index < -0.39 is 0 Å². The first kappa shape index (κ1) is 17.0. The van der Waals surface area contributed by atoms with Gasteiger partial charge in [-0.25, -0.2) is 0 Å². The molecule has 0 radical (unpaired) electrons. The maximum atomic E-state index is 12.8. The fourth-order valence-corrected chi connectivity index (χ4v) is 3.51. The van der Waals surface area contributed by atoms with Crippen molar-refractivity contribution < 1.29 is 14.3 Å². The van der Waals surface area contributed by atoms with Gasteiger partial charge in [0.1, 0.15) is 0 Å². The standard InChI is InChI=1S/C16H29NO3/c1-12(2)10-16(8-6-7-9-16)15(19)17(4)11-13(3)14(18)20-5/h12-13H,6-11H2,1-5H3. The summed E-state index contributed by atoms with van der Waals surface area (Å²) in [5.41, 5.74) is -0.196.